The molecule has 0 aliphatic heterocycles. The van der Waals surface area contributed by atoms with Crippen molar-refractivity contribution in [1.29, 1.82) is 0 Å². The van der Waals surface area contributed by atoms with Crippen LogP contribution in [-0.2, 0) is 0 Å². The van der Waals surface area contributed by atoms with Crippen LogP contribution >= 0.6 is 0 Å². The van der Waals surface area contributed by atoms with Gasteiger partial charge in [-0.1, -0.05) is 152 Å². The van der Waals surface area contributed by atoms with E-state index in [1.807, 2.05) is 6.07 Å². The molecule has 0 amide bonds. The Bertz CT molecular complexity index is 2570. The summed E-state index contributed by atoms with van der Waals surface area (Å²) in [6.07, 6.45) is 0. The summed E-state index contributed by atoms with van der Waals surface area (Å²) in [6.45, 7) is 0. The van der Waals surface area contributed by atoms with E-state index in [1.54, 1.807) is 0 Å². The molecule has 0 atom stereocenters. The van der Waals surface area contributed by atoms with Gasteiger partial charge in [-0.05, 0) is 66.3 Å². The molecule has 0 saturated carbocycles. The van der Waals surface area contributed by atoms with Gasteiger partial charge < -0.3 is 0 Å². The third-order valence-electron chi connectivity index (χ3n) is 8.90. The van der Waals surface area contributed by atoms with Crippen molar-refractivity contribution in [2.45, 2.75) is 0 Å². The normalized spacial score (nSPS) is 11.5. The third-order valence-corrected chi connectivity index (χ3v) is 8.90. The molecule has 214 valence electrons. The van der Waals surface area contributed by atoms with Crippen LogP contribution in [-0.4, -0.2) is 15.0 Å². The molecule has 0 fully saturated rings. The van der Waals surface area contributed by atoms with Crippen molar-refractivity contribution >= 4 is 43.1 Å². The molecule has 3 nitrogen and oxygen atoms in total. The van der Waals surface area contributed by atoms with Crippen molar-refractivity contribution in [3.8, 4) is 45.3 Å². The maximum Gasteiger partial charge on any atom is 0.164 e. The molecule has 0 aliphatic rings. The summed E-state index contributed by atoms with van der Waals surface area (Å²) in [6, 6.07) is 57.6. The summed E-state index contributed by atoms with van der Waals surface area (Å²) < 4.78 is 0. The van der Waals surface area contributed by atoms with E-state index < -0.39 is 0 Å². The molecule has 0 bridgehead atoms. The lowest BCUT2D eigenvalue weighted by Gasteiger charge is -2.11. The van der Waals surface area contributed by atoms with Crippen molar-refractivity contribution < 1.29 is 0 Å². The number of benzene rings is 8. The summed E-state index contributed by atoms with van der Waals surface area (Å²) in [4.78, 5) is 15.2. The van der Waals surface area contributed by atoms with Crippen LogP contribution in [0.15, 0.2) is 164 Å². The maximum absolute atomic E-state index is 5.09. The number of nitrogens with zero attached hydrogens (tertiary/aromatic N) is 3. The quantitative estimate of drug-likeness (QED) is 0.193. The molecule has 9 aromatic rings. The van der Waals surface area contributed by atoms with E-state index in [0.717, 1.165) is 27.6 Å². The third kappa shape index (κ3) is 4.58. The van der Waals surface area contributed by atoms with Crippen LogP contribution in [0.5, 0.6) is 0 Å². The van der Waals surface area contributed by atoms with Crippen LogP contribution in [0.3, 0.4) is 0 Å². The number of fused-ring (bicyclic) bond motifs is 6. The number of hydrogen-bond donors (Lipinski definition) is 0. The van der Waals surface area contributed by atoms with E-state index in [1.165, 1.54) is 43.3 Å². The lowest BCUT2D eigenvalue weighted by Crippen LogP contribution is -2.00. The van der Waals surface area contributed by atoms with E-state index in [2.05, 4.69) is 158 Å². The van der Waals surface area contributed by atoms with E-state index >= 15 is 0 Å². The van der Waals surface area contributed by atoms with Crippen molar-refractivity contribution in [2.75, 3.05) is 0 Å². The molecule has 0 N–H and O–H groups in total. The summed E-state index contributed by atoms with van der Waals surface area (Å²) in [5.41, 5.74) is 5.20. The Morgan fingerprint density at radius 1 is 0.239 bits per heavy atom. The standard InChI is InChI=1S/C43H27N3/c1-2-8-28(9-3-1)30-14-18-33(19-15-30)41-44-42(35-20-16-29-10-4-5-12-34(29)26-35)46-43(45-41)36-21-17-32-23-24-38-37-13-7-6-11-31(37)22-25-39(38)40(32)27-36/h1-27H. The van der Waals surface area contributed by atoms with E-state index in [0.29, 0.717) is 17.5 Å². The average molecular weight is 586 g/mol. The summed E-state index contributed by atoms with van der Waals surface area (Å²) >= 11 is 0. The van der Waals surface area contributed by atoms with Gasteiger partial charge in [-0.3, -0.25) is 0 Å². The van der Waals surface area contributed by atoms with Gasteiger partial charge in [-0.25, -0.2) is 15.0 Å². The monoisotopic (exact) mass is 585 g/mol. The average Bonchev–Trinajstić information content (AvgIpc) is 3.14. The first-order valence-corrected chi connectivity index (χ1v) is 15.5. The van der Waals surface area contributed by atoms with Gasteiger partial charge in [0.25, 0.3) is 0 Å². The minimum absolute atomic E-state index is 0.650. The fourth-order valence-electron chi connectivity index (χ4n) is 6.49. The maximum atomic E-state index is 5.09. The number of hydrogen-bond acceptors (Lipinski definition) is 3. The van der Waals surface area contributed by atoms with Crippen LogP contribution in [0.1, 0.15) is 0 Å². The van der Waals surface area contributed by atoms with Crippen LogP contribution in [0.25, 0.3) is 88.4 Å². The summed E-state index contributed by atoms with van der Waals surface area (Å²) in [7, 11) is 0. The first kappa shape index (κ1) is 26.2. The van der Waals surface area contributed by atoms with Gasteiger partial charge in [0.2, 0.25) is 0 Å². The van der Waals surface area contributed by atoms with Gasteiger partial charge in [0.15, 0.2) is 17.5 Å². The second-order valence-electron chi connectivity index (χ2n) is 11.7. The molecule has 0 radical (unpaired) electrons. The lowest BCUT2D eigenvalue weighted by atomic mass is 9.96. The van der Waals surface area contributed by atoms with Crippen LogP contribution in [0.4, 0.5) is 0 Å². The van der Waals surface area contributed by atoms with E-state index in [9.17, 15) is 0 Å². The molecule has 8 aromatic carbocycles. The SMILES string of the molecule is c1ccc(-c2ccc(-c3nc(-c4ccc5ccccc5c4)nc(-c4ccc5ccc6c7ccccc7ccc6c5c4)n3)cc2)cc1. The Hall–Kier alpha value is -6.19. The molecule has 0 unspecified atom stereocenters. The van der Waals surface area contributed by atoms with Crippen molar-refractivity contribution in [3.05, 3.63) is 164 Å². The van der Waals surface area contributed by atoms with Gasteiger partial charge in [0.05, 0.1) is 0 Å². The van der Waals surface area contributed by atoms with Gasteiger partial charge in [-0.15, -0.1) is 0 Å². The summed E-state index contributed by atoms with van der Waals surface area (Å²) in [5, 5.41) is 9.67. The highest BCUT2D eigenvalue weighted by molar-refractivity contribution is 6.17. The summed E-state index contributed by atoms with van der Waals surface area (Å²) in [5.74, 6) is 1.96. The molecule has 1 heterocycles. The minimum atomic E-state index is 0.650. The van der Waals surface area contributed by atoms with Crippen molar-refractivity contribution in [1.82, 2.24) is 15.0 Å². The Balaban J connectivity index is 1.23. The smallest absolute Gasteiger partial charge is 0.164 e. The highest BCUT2D eigenvalue weighted by atomic mass is 15.0. The molecular formula is C43H27N3. The predicted molar refractivity (Wildman–Crippen MR) is 192 cm³/mol. The first-order valence-electron chi connectivity index (χ1n) is 15.5. The molecule has 3 heteroatoms. The van der Waals surface area contributed by atoms with Crippen LogP contribution in [0.2, 0.25) is 0 Å². The first-order chi connectivity index (χ1) is 22.8. The zero-order chi connectivity index (χ0) is 30.5. The molecule has 0 aliphatic carbocycles. The highest BCUT2D eigenvalue weighted by Crippen LogP contribution is 2.34. The Labute approximate surface area is 266 Å². The fraction of sp³-hybridized carbons (Fsp3) is 0. The van der Waals surface area contributed by atoms with Crippen LogP contribution in [0, 0.1) is 0 Å². The van der Waals surface area contributed by atoms with Crippen LogP contribution < -0.4 is 0 Å². The van der Waals surface area contributed by atoms with Gasteiger partial charge >= 0.3 is 0 Å². The second-order valence-corrected chi connectivity index (χ2v) is 11.7. The van der Waals surface area contributed by atoms with Crippen molar-refractivity contribution in [2.24, 2.45) is 0 Å². The largest absolute Gasteiger partial charge is 0.208 e. The zero-order valence-electron chi connectivity index (χ0n) is 24.9. The highest BCUT2D eigenvalue weighted by Gasteiger charge is 2.14. The molecule has 1 aromatic heterocycles. The lowest BCUT2D eigenvalue weighted by molar-refractivity contribution is 1.08. The number of aromatic nitrogens is 3. The Morgan fingerprint density at radius 2 is 0.696 bits per heavy atom. The molecular weight excluding hydrogens is 558 g/mol. The van der Waals surface area contributed by atoms with Gasteiger partial charge in [0, 0.05) is 16.7 Å². The van der Waals surface area contributed by atoms with Crippen molar-refractivity contribution in [3.63, 3.8) is 0 Å². The second kappa shape index (κ2) is 10.8. The zero-order valence-corrected chi connectivity index (χ0v) is 24.9. The Morgan fingerprint density at radius 3 is 1.43 bits per heavy atom. The molecule has 0 saturated heterocycles. The molecule has 46 heavy (non-hydrogen) atoms. The topological polar surface area (TPSA) is 38.7 Å². The van der Waals surface area contributed by atoms with Gasteiger partial charge in [0.1, 0.15) is 0 Å². The molecule has 9 rings (SSSR count). The van der Waals surface area contributed by atoms with E-state index in [-0.39, 0.29) is 0 Å². The number of rotatable bonds is 4. The van der Waals surface area contributed by atoms with E-state index in [4.69, 9.17) is 15.0 Å². The molecule has 0 spiro atoms. The van der Waals surface area contributed by atoms with Gasteiger partial charge in [-0.2, -0.15) is 0 Å². The predicted octanol–water partition coefficient (Wildman–Crippen LogP) is 11.2. The minimum Gasteiger partial charge on any atom is -0.208 e. The Kier molecular flexibility index (Phi) is 6.14. The fourth-order valence-corrected chi connectivity index (χ4v) is 6.49.